The summed E-state index contributed by atoms with van der Waals surface area (Å²) in [5, 5.41) is 3.28. The van der Waals surface area contributed by atoms with Gasteiger partial charge in [0.25, 0.3) is 0 Å². The number of carbonyl (C=O) groups excluding carboxylic acids is 1. The van der Waals surface area contributed by atoms with Gasteiger partial charge in [-0.15, -0.1) is 0 Å². The maximum Gasteiger partial charge on any atom is 0.223 e. The first-order valence-corrected chi connectivity index (χ1v) is 12.6. The minimum absolute atomic E-state index is 0.0460. The van der Waals surface area contributed by atoms with Gasteiger partial charge in [0.1, 0.15) is 0 Å². The lowest BCUT2D eigenvalue weighted by Gasteiger charge is -2.48. The van der Waals surface area contributed by atoms with Crippen molar-refractivity contribution < 1.29 is 13.2 Å². The van der Waals surface area contributed by atoms with E-state index < -0.39 is 10.0 Å². The number of hydrogen-bond donors (Lipinski definition) is 1. The van der Waals surface area contributed by atoms with Crippen LogP contribution in [0.25, 0.3) is 0 Å². The Labute approximate surface area is 165 Å². The van der Waals surface area contributed by atoms with Crippen molar-refractivity contribution in [3.63, 3.8) is 0 Å². The minimum atomic E-state index is -3.13. The summed E-state index contributed by atoms with van der Waals surface area (Å²) in [4.78, 5) is 15.5. The van der Waals surface area contributed by atoms with Crippen molar-refractivity contribution in [1.29, 1.82) is 0 Å². The molecule has 3 aliphatic rings. The van der Waals surface area contributed by atoms with Gasteiger partial charge in [0.15, 0.2) is 0 Å². The largest absolute Gasteiger partial charge is 0.354 e. The van der Waals surface area contributed by atoms with Crippen LogP contribution in [-0.2, 0) is 14.8 Å². The molecule has 1 N–H and O–H groups in total. The molecule has 2 heterocycles. The number of hydrogen-bond acceptors (Lipinski definition) is 4. The molecule has 0 aromatic heterocycles. The van der Waals surface area contributed by atoms with E-state index in [4.69, 9.17) is 0 Å². The average molecular weight is 400 g/mol. The number of nitrogens with one attached hydrogen (secondary N) is 1. The van der Waals surface area contributed by atoms with Gasteiger partial charge in [-0.2, -0.15) is 0 Å². The number of likely N-dealkylation sites (tertiary alicyclic amines) is 1. The Morgan fingerprint density at radius 2 is 1.56 bits per heavy atom. The van der Waals surface area contributed by atoms with Crippen molar-refractivity contribution in [2.24, 2.45) is 5.92 Å². The lowest BCUT2D eigenvalue weighted by atomic mass is 9.79. The van der Waals surface area contributed by atoms with Gasteiger partial charge in [0.05, 0.1) is 5.75 Å². The van der Waals surface area contributed by atoms with Crippen LogP contribution < -0.4 is 5.32 Å². The predicted molar refractivity (Wildman–Crippen MR) is 108 cm³/mol. The summed E-state index contributed by atoms with van der Waals surface area (Å²) >= 11 is 0. The van der Waals surface area contributed by atoms with E-state index in [1.54, 1.807) is 11.2 Å². The second-order valence-electron chi connectivity index (χ2n) is 8.62. The molecule has 156 valence electrons. The van der Waals surface area contributed by atoms with Gasteiger partial charge in [0.2, 0.25) is 15.9 Å². The zero-order valence-corrected chi connectivity index (χ0v) is 17.7. The number of carbonyl (C=O) groups is 1. The van der Waals surface area contributed by atoms with Gasteiger partial charge in [-0.1, -0.05) is 25.7 Å². The summed E-state index contributed by atoms with van der Waals surface area (Å²) in [5.74, 6) is 0.225. The maximum atomic E-state index is 12.8. The fourth-order valence-corrected chi connectivity index (χ4v) is 6.29. The van der Waals surface area contributed by atoms with Gasteiger partial charge in [-0.25, -0.2) is 12.7 Å². The minimum Gasteiger partial charge on any atom is -0.354 e. The lowest BCUT2D eigenvalue weighted by Crippen LogP contribution is -2.58. The fourth-order valence-electron chi connectivity index (χ4n) is 5.16. The van der Waals surface area contributed by atoms with Crippen LogP contribution in [0.4, 0.5) is 0 Å². The Bertz CT molecular complexity index is 588. The number of amides is 1. The summed E-state index contributed by atoms with van der Waals surface area (Å²) in [6.45, 7) is 5.74. The van der Waals surface area contributed by atoms with Crippen LogP contribution in [0.1, 0.15) is 71.1 Å². The number of piperidine rings is 2. The van der Waals surface area contributed by atoms with Crippen LogP contribution in [-0.4, -0.2) is 67.5 Å². The Kier molecular flexibility index (Phi) is 7.20. The van der Waals surface area contributed by atoms with Gasteiger partial charge in [-0.05, 0) is 58.5 Å². The molecule has 3 rings (SSSR count). The summed E-state index contributed by atoms with van der Waals surface area (Å²) in [6.07, 6.45) is 11.4. The highest BCUT2D eigenvalue weighted by molar-refractivity contribution is 7.89. The maximum absolute atomic E-state index is 12.8. The van der Waals surface area contributed by atoms with Gasteiger partial charge in [0, 0.05) is 31.1 Å². The summed E-state index contributed by atoms with van der Waals surface area (Å²) < 4.78 is 25.5. The first-order valence-electron chi connectivity index (χ1n) is 11.0. The first-order chi connectivity index (χ1) is 13.0. The molecular weight excluding hydrogens is 362 g/mol. The number of rotatable bonds is 6. The molecule has 27 heavy (non-hydrogen) atoms. The first kappa shape index (κ1) is 21.1. The molecule has 0 aromatic rings. The Morgan fingerprint density at radius 3 is 2.15 bits per heavy atom. The highest BCUT2D eigenvalue weighted by atomic mass is 32.2. The molecule has 0 spiro atoms. The van der Waals surface area contributed by atoms with Crippen LogP contribution >= 0.6 is 0 Å². The summed E-state index contributed by atoms with van der Waals surface area (Å²) in [6, 6.07) is 0. The molecule has 1 amide bonds. The van der Waals surface area contributed by atoms with Crippen molar-refractivity contribution in [3.05, 3.63) is 0 Å². The third-order valence-electron chi connectivity index (χ3n) is 6.99. The standard InChI is InChI=1S/C20H37N3O3S/c1-2-27(25,26)23-15-9-18(10-16-23)19(24)21-17-20(11-5-3-6-12-20)22-13-7-4-8-14-22/h18H,2-17H2,1H3,(H,21,24). The molecule has 0 atom stereocenters. The molecule has 0 bridgehead atoms. The van der Waals surface area contributed by atoms with E-state index in [1.807, 2.05) is 0 Å². The molecule has 0 unspecified atom stereocenters. The zero-order chi connectivity index (χ0) is 19.3. The van der Waals surface area contributed by atoms with Crippen LogP contribution in [0.3, 0.4) is 0 Å². The van der Waals surface area contributed by atoms with Crippen LogP contribution in [0.15, 0.2) is 0 Å². The van der Waals surface area contributed by atoms with E-state index in [9.17, 15) is 13.2 Å². The van der Waals surface area contributed by atoms with E-state index in [1.165, 1.54) is 64.5 Å². The third-order valence-corrected chi connectivity index (χ3v) is 8.87. The van der Waals surface area contributed by atoms with E-state index >= 15 is 0 Å². The van der Waals surface area contributed by atoms with Crippen molar-refractivity contribution in [1.82, 2.24) is 14.5 Å². The monoisotopic (exact) mass is 399 g/mol. The average Bonchev–Trinajstić information content (AvgIpc) is 2.73. The Hall–Kier alpha value is -0.660. The Morgan fingerprint density at radius 1 is 0.963 bits per heavy atom. The molecular formula is C20H37N3O3S. The van der Waals surface area contributed by atoms with Gasteiger partial charge >= 0.3 is 0 Å². The topological polar surface area (TPSA) is 69.7 Å². The van der Waals surface area contributed by atoms with Crippen molar-refractivity contribution in [3.8, 4) is 0 Å². The molecule has 2 aliphatic heterocycles. The number of sulfonamides is 1. The second kappa shape index (κ2) is 9.23. The molecule has 1 aliphatic carbocycles. The molecule has 0 radical (unpaired) electrons. The van der Waals surface area contributed by atoms with Crippen molar-refractivity contribution in [2.45, 2.75) is 76.7 Å². The molecule has 0 aromatic carbocycles. The van der Waals surface area contributed by atoms with Crippen molar-refractivity contribution in [2.75, 3.05) is 38.5 Å². The second-order valence-corrected chi connectivity index (χ2v) is 10.9. The highest BCUT2D eigenvalue weighted by Crippen LogP contribution is 2.35. The highest BCUT2D eigenvalue weighted by Gasteiger charge is 2.39. The van der Waals surface area contributed by atoms with Crippen LogP contribution in [0, 0.1) is 5.92 Å². The summed E-state index contributed by atoms with van der Waals surface area (Å²) in [5.41, 5.74) is 0.153. The van der Waals surface area contributed by atoms with E-state index in [0.717, 1.165) is 6.54 Å². The van der Waals surface area contributed by atoms with Crippen LogP contribution in [0.5, 0.6) is 0 Å². The lowest BCUT2D eigenvalue weighted by molar-refractivity contribution is -0.127. The molecule has 2 saturated heterocycles. The molecule has 3 fully saturated rings. The van der Waals surface area contributed by atoms with Gasteiger partial charge in [-0.3, -0.25) is 9.69 Å². The summed E-state index contributed by atoms with van der Waals surface area (Å²) in [7, 11) is -3.13. The quantitative estimate of drug-likeness (QED) is 0.744. The molecule has 6 nitrogen and oxygen atoms in total. The van der Waals surface area contributed by atoms with Crippen LogP contribution in [0.2, 0.25) is 0 Å². The van der Waals surface area contributed by atoms with E-state index in [0.29, 0.717) is 25.9 Å². The normalized spacial score (nSPS) is 26.0. The van der Waals surface area contributed by atoms with Gasteiger partial charge < -0.3 is 5.32 Å². The predicted octanol–water partition coefficient (Wildman–Crippen LogP) is 2.35. The SMILES string of the molecule is CCS(=O)(=O)N1CCC(C(=O)NCC2(N3CCCCC3)CCCCC2)CC1. The van der Waals surface area contributed by atoms with Crippen molar-refractivity contribution >= 4 is 15.9 Å². The molecule has 1 saturated carbocycles. The fraction of sp³-hybridized carbons (Fsp3) is 0.950. The Balaban J connectivity index is 1.54. The number of nitrogens with zero attached hydrogens (tertiary/aromatic N) is 2. The molecule has 7 heteroatoms. The zero-order valence-electron chi connectivity index (χ0n) is 16.9. The van der Waals surface area contributed by atoms with E-state index in [2.05, 4.69) is 10.2 Å². The van der Waals surface area contributed by atoms with E-state index in [-0.39, 0.29) is 23.1 Å². The third kappa shape index (κ3) is 5.04. The smallest absolute Gasteiger partial charge is 0.223 e.